The molecule has 0 amide bonds. The van der Waals surface area contributed by atoms with Crippen LogP contribution in [0.2, 0.25) is 5.02 Å². The molecular formula is C11H12ClFO. The average molecular weight is 215 g/mol. The van der Waals surface area contributed by atoms with E-state index in [9.17, 15) is 4.39 Å². The van der Waals surface area contributed by atoms with E-state index in [2.05, 4.69) is 0 Å². The molecule has 0 heterocycles. The van der Waals surface area contributed by atoms with E-state index < -0.39 is 0 Å². The summed E-state index contributed by atoms with van der Waals surface area (Å²) in [5, 5.41) is 9.48. The predicted molar refractivity (Wildman–Crippen MR) is 54.0 cm³/mol. The highest BCUT2D eigenvalue weighted by atomic mass is 35.5. The molecule has 2 unspecified atom stereocenters. The van der Waals surface area contributed by atoms with Gasteiger partial charge in [0, 0.05) is 22.6 Å². The summed E-state index contributed by atoms with van der Waals surface area (Å²) in [6, 6.07) is 4.71. The number of halogens is 2. The van der Waals surface area contributed by atoms with Gasteiger partial charge in [-0.3, -0.25) is 0 Å². The third-order valence-corrected chi connectivity index (χ3v) is 3.48. The molecule has 0 bridgehead atoms. The van der Waals surface area contributed by atoms with Gasteiger partial charge in [0.2, 0.25) is 0 Å². The van der Waals surface area contributed by atoms with Gasteiger partial charge in [-0.05, 0) is 24.5 Å². The zero-order chi connectivity index (χ0) is 10.3. The first-order valence-electron chi connectivity index (χ1n) is 4.65. The van der Waals surface area contributed by atoms with Crippen molar-refractivity contribution in [2.45, 2.75) is 18.8 Å². The highest BCUT2D eigenvalue weighted by molar-refractivity contribution is 6.31. The van der Waals surface area contributed by atoms with Gasteiger partial charge in [0.15, 0.2) is 0 Å². The van der Waals surface area contributed by atoms with Crippen LogP contribution in [0.4, 0.5) is 4.39 Å². The minimum atomic E-state index is -0.268. The van der Waals surface area contributed by atoms with Crippen molar-refractivity contribution in [2.75, 3.05) is 6.61 Å². The van der Waals surface area contributed by atoms with E-state index in [1.54, 1.807) is 12.1 Å². The summed E-state index contributed by atoms with van der Waals surface area (Å²) in [6.07, 6.45) is 0.810. The molecule has 0 aliphatic heterocycles. The fraction of sp³-hybridized carbons (Fsp3) is 0.455. The molecule has 1 fully saturated rings. The van der Waals surface area contributed by atoms with Gasteiger partial charge >= 0.3 is 0 Å². The van der Waals surface area contributed by atoms with E-state index in [4.69, 9.17) is 16.7 Å². The van der Waals surface area contributed by atoms with E-state index in [-0.39, 0.29) is 23.8 Å². The minimum absolute atomic E-state index is 0.0984. The fourth-order valence-electron chi connectivity index (χ4n) is 2.07. The van der Waals surface area contributed by atoms with Gasteiger partial charge in [-0.25, -0.2) is 4.39 Å². The molecule has 1 aromatic carbocycles. The molecule has 3 heteroatoms. The maximum absolute atomic E-state index is 13.5. The van der Waals surface area contributed by atoms with Gasteiger partial charge in [0.05, 0.1) is 0 Å². The Bertz CT molecular complexity index is 346. The summed E-state index contributed by atoms with van der Waals surface area (Å²) in [5.74, 6) is -0.118. The van der Waals surface area contributed by atoms with Crippen molar-refractivity contribution in [3.63, 3.8) is 0 Å². The second kappa shape index (κ2) is 3.21. The second-order valence-corrected chi connectivity index (χ2v) is 4.50. The first-order valence-corrected chi connectivity index (χ1v) is 5.02. The van der Waals surface area contributed by atoms with Crippen LogP contribution in [0.5, 0.6) is 0 Å². The predicted octanol–water partition coefficient (Wildman–Crippen LogP) is 2.75. The highest BCUT2D eigenvalue weighted by Crippen LogP contribution is 2.55. The summed E-state index contributed by atoms with van der Waals surface area (Å²) in [5.41, 5.74) is 0.290. The zero-order valence-corrected chi connectivity index (χ0v) is 8.68. The van der Waals surface area contributed by atoms with Crippen LogP contribution in [-0.4, -0.2) is 11.7 Å². The van der Waals surface area contributed by atoms with Gasteiger partial charge in [-0.2, -0.15) is 0 Å². The molecule has 0 radical (unpaired) electrons. The normalized spacial score (nSPS) is 30.4. The van der Waals surface area contributed by atoms with Crippen LogP contribution < -0.4 is 0 Å². The van der Waals surface area contributed by atoms with Crippen molar-refractivity contribution in [2.24, 2.45) is 5.92 Å². The number of hydrogen-bond acceptors (Lipinski definition) is 1. The number of rotatable bonds is 2. The quantitative estimate of drug-likeness (QED) is 0.803. The van der Waals surface area contributed by atoms with Gasteiger partial charge in [-0.1, -0.05) is 24.6 Å². The molecule has 14 heavy (non-hydrogen) atoms. The van der Waals surface area contributed by atoms with Gasteiger partial charge in [0.25, 0.3) is 0 Å². The number of aliphatic hydroxyl groups is 1. The fourth-order valence-corrected chi connectivity index (χ4v) is 2.45. The Labute approximate surface area is 87.5 Å². The zero-order valence-electron chi connectivity index (χ0n) is 7.93. The van der Waals surface area contributed by atoms with E-state index in [1.807, 2.05) is 6.92 Å². The van der Waals surface area contributed by atoms with Crippen LogP contribution in [0.1, 0.15) is 18.9 Å². The molecule has 2 rings (SSSR count). The average Bonchev–Trinajstić information content (AvgIpc) is 2.77. The Hall–Kier alpha value is -0.600. The van der Waals surface area contributed by atoms with E-state index in [1.165, 1.54) is 6.07 Å². The molecule has 1 aromatic rings. The van der Waals surface area contributed by atoms with E-state index in [0.29, 0.717) is 10.6 Å². The lowest BCUT2D eigenvalue weighted by Gasteiger charge is -2.13. The molecule has 1 saturated carbocycles. The first-order chi connectivity index (χ1) is 6.59. The van der Waals surface area contributed by atoms with Crippen molar-refractivity contribution in [3.8, 4) is 0 Å². The molecule has 1 aliphatic carbocycles. The molecule has 0 spiro atoms. The number of benzene rings is 1. The van der Waals surface area contributed by atoms with Crippen LogP contribution in [0.15, 0.2) is 18.2 Å². The minimum Gasteiger partial charge on any atom is -0.396 e. The molecule has 1 aliphatic rings. The molecule has 1 N–H and O–H groups in total. The van der Waals surface area contributed by atoms with Crippen molar-refractivity contribution in [1.82, 2.24) is 0 Å². The van der Waals surface area contributed by atoms with Gasteiger partial charge in [0.1, 0.15) is 5.82 Å². The second-order valence-electron chi connectivity index (χ2n) is 4.10. The van der Waals surface area contributed by atoms with Crippen LogP contribution in [0.25, 0.3) is 0 Å². The van der Waals surface area contributed by atoms with Crippen molar-refractivity contribution in [3.05, 3.63) is 34.6 Å². The van der Waals surface area contributed by atoms with Crippen molar-refractivity contribution >= 4 is 11.6 Å². The van der Waals surface area contributed by atoms with Crippen LogP contribution in [0, 0.1) is 11.7 Å². The Balaban J connectivity index is 2.43. The van der Waals surface area contributed by atoms with Gasteiger partial charge in [-0.15, -0.1) is 0 Å². The topological polar surface area (TPSA) is 20.2 Å². The number of hydrogen-bond donors (Lipinski definition) is 1. The summed E-state index contributed by atoms with van der Waals surface area (Å²) in [7, 11) is 0. The molecular weight excluding hydrogens is 203 g/mol. The molecule has 2 atom stereocenters. The third kappa shape index (κ3) is 1.33. The SMILES string of the molecule is CC1(c2c(F)cccc2Cl)CC1CO. The van der Waals surface area contributed by atoms with E-state index in [0.717, 1.165) is 6.42 Å². The lowest BCUT2D eigenvalue weighted by molar-refractivity contribution is 0.265. The van der Waals surface area contributed by atoms with Crippen LogP contribution in [0.3, 0.4) is 0 Å². The largest absolute Gasteiger partial charge is 0.396 e. The summed E-state index contributed by atoms with van der Waals surface area (Å²) in [4.78, 5) is 0. The Morgan fingerprint density at radius 1 is 1.64 bits per heavy atom. The monoisotopic (exact) mass is 214 g/mol. The first kappa shape index (κ1) is 9.94. The summed E-state index contributed by atoms with van der Waals surface area (Å²) >= 11 is 5.95. The van der Waals surface area contributed by atoms with Gasteiger partial charge < -0.3 is 5.11 Å². The summed E-state index contributed by atoms with van der Waals surface area (Å²) in [6.45, 7) is 2.04. The van der Waals surface area contributed by atoms with Crippen LogP contribution in [-0.2, 0) is 5.41 Å². The Kier molecular flexibility index (Phi) is 2.28. The van der Waals surface area contributed by atoms with Crippen molar-refractivity contribution < 1.29 is 9.50 Å². The molecule has 0 aromatic heterocycles. The Morgan fingerprint density at radius 2 is 2.36 bits per heavy atom. The summed E-state index contributed by atoms with van der Waals surface area (Å²) < 4.78 is 13.5. The smallest absolute Gasteiger partial charge is 0.128 e. The maximum Gasteiger partial charge on any atom is 0.128 e. The molecule has 76 valence electrons. The lowest BCUT2D eigenvalue weighted by atomic mass is 9.95. The molecule has 1 nitrogen and oxygen atoms in total. The Morgan fingerprint density at radius 3 is 2.86 bits per heavy atom. The van der Waals surface area contributed by atoms with E-state index >= 15 is 0 Å². The van der Waals surface area contributed by atoms with Crippen LogP contribution >= 0.6 is 11.6 Å². The highest BCUT2D eigenvalue weighted by Gasteiger charge is 2.52. The molecule has 0 saturated heterocycles. The third-order valence-electron chi connectivity index (χ3n) is 3.17. The lowest BCUT2D eigenvalue weighted by Crippen LogP contribution is -2.10. The van der Waals surface area contributed by atoms with Crippen molar-refractivity contribution in [1.29, 1.82) is 0 Å². The maximum atomic E-state index is 13.5. The number of aliphatic hydroxyl groups excluding tert-OH is 1. The standard InChI is InChI=1S/C11H12ClFO/c1-11(5-7(11)6-14)10-8(12)3-2-4-9(10)13/h2-4,7,14H,5-6H2,1H3.